The molecule has 23 heavy (non-hydrogen) atoms. The number of nitrogens with zero attached hydrogens (tertiary/aromatic N) is 2. The highest BCUT2D eigenvalue weighted by Crippen LogP contribution is 2.30. The number of rotatable bonds is 3. The Kier molecular flexibility index (Phi) is 4.56. The van der Waals surface area contributed by atoms with Gasteiger partial charge >= 0.3 is 0 Å². The summed E-state index contributed by atoms with van der Waals surface area (Å²) in [4.78, 5) is 4.77. The summed E-state index contributed by atoms with van der Waals surface area (Å²) in [5, 5.41) is 10.9. The molecule has 116 valence electrons. The highest BCUT2D eigenvalue weighted by atomic mass is 35.5. The van der Waals surface area contributed by atoms with E-state index in [1.807, 2.05) is 12.1 Å². The first kappa shape index (κ1) is 15.9. The Morgan fingerprint density at radius 2 is 1.87 bits per heavy atom. The third kappa shape index (κ3) is 3.34. The van der Waals surface area contributed by atoms with Gasteiger partial charge in [-0.25, -0.2) is 4.39 Å². The highest BCUT2D eigenvalue weighted by Gasteiger charge is 2.12. The molecule has 1 N–H and O–H groups in total. The molecule has 0 fully saturated rings. The molecule has 0 amide bonds. The number of hydrogen-bond donors (Lipinski definition) is 1. The van der Waals surface area contributed by atoms with Crippen LogP contribution in [0.5, 0.6) is 5.88 Å². The lowest BCUT2D eigenvalue weighted by Crippen LogP contribution is -1.93. The van der Waals surface area contributed by atoms with E-state index in [0.29, 0.717) is 25.2 Å². The summed E-state index contributed by atoms with van der Waals surface area (Å²) in [6.07, 6.45) is 1.51. The maximum Gasteiger partial charge on any atom is 0.216 e. The molecule has 1 aromatic heterocycles. The average Bonchev–Trinajstić information content (AvgIpc) is 2.82. The topological polar surface area (TPSA) is 37.5 Å². The van der Waals surface area contributed by atoms with Crippen molar-refractivity contribution in [3.8, 4) is 11.6 Å². The number of aromatic hydroxyl groups is 1. The maximum atomic E-state index is 13.0. The van der Waals surface area contributed by atoms with Gasteiger partial charge < -0.3 is 5.11 Å². The molecule has 3 aromatic rings. The van der Waals surface area contributed by atoms with Crippen LogP contribution in [0.1, 0.15) is 4.88 Å². The summed E-state index contributed by atoms with van der Waals surface area (Å²) in [5.41, 5.74) is 1.18. The molecule has 0 aliphatic carbocycles. The van der Waals surface area contributed by atoms with Crippen molar-refractivity contribution in [1.82, 2.24) is 4.57 Å². The number of aromatic nitrogens is 1. The van der Waals surface area contributed by atoms with E-state index in [9.17, 15) is 9.50 Å². The number of aliphatic imine (C=N–C) groups is 1. The van der Waals surface area contributed by atoms with Gasteiger partial charge in [0, 0.05) is 0 Å². The van der Waals surface area contributed by atoms with E-state index in [4.69, 9.17) is 23.8 Å². The van der Waals surface area contributed by atoms with Crippen LogP contribution in [0.15, 0.2) is 53.5 Å². The first-order valence-electron chi connectivity index (χ1n) is 6.55. The molecule has 0 aliphatic rings. The molecule has 0 atom stereocenters. The van der Waals surface area contributed by atoms with Crippen molar-refractivity contribution in [3.63, 3.8) is 0 Å². The van der Waals surface area contributed by atoms with Crippen molar-refractivity contribution in [2.75, 3.05) is 0 Å². The molecule has 0 radical (unpaired) electrons. The second-order valence-corrected chi connectivity index (χ2v) is 6.66. The van der Waals surface area contributed by atoms with Gasteiger partial charge in [0.15, 0.2) is 3.95 Å². The fraction of sp³-hybridized carbons (Fsp3) is 0. The Bertz CT molecular complexity index is 932. The lowest BCUT2D eigenvalue weighted by atomic mass is 10.3. The SMILES string of the molecule is Oc1c(C=Nc2ccccc2Cl)sc(=S)n1-c1ccc(F)cc1. The third-order valence-electron chi connectivity index (χ3n) is 3.07. The minimum atomic E-state index is -0.351. The number of thiazole rings is 1. The zero-order valence-electron chi connectivity index (χ0n) is 11.6. The van der Waals surface area contributed by atoms with Gasteiger partial charge in [0.2, 0.25) is 5.88 Å². The van der Waals surface area contributed by atoms with Gasteiger partial charge in [0.05, 0.1) is 22.6 Å². The standard InChI is InChI=1S/C16H10ClFN2OS2/c17-12-3-1-2-4-13(12)19-9-14-15(21)20(16(22)23-14)11-7-5-10(18)6-8-11/h1-9,21H. The van der Waals surface area contributed by atoms with Gasteiger partial charge in [-0.05, 0) is 48.6 Å². The lowest BCUT2D eigenvalue weighted by molar-refractivity contribution is 0.441. The molecule has 3 nitrogen and oxygen atoms in total. The summed E-state index contributed by atoms with van der Waals surface area (Å²) >= 11 is 12.5. The molecule has 0 saturated heterocycles. The Hall–Kier alpha value is -2.02. The van der Waals surface area contributed by atoms with Gasteiger partial charge in [-0.15, -0.1) is 0 Å². The largest absolute Gasteiger partial charge is 0.493 e. The van der Waals surface area contributed by atoms with Crippen LogP contribution in [0.2, 0.25) is 5.02 Å². The zero-order chi connectivity index (χ0) is 16.4. The molecule has 7 heteroatoms. The Balaban J connectivity index is 2.00. The van der Waals surface area contributed by atoms with Crippen LogP contribution >= 0.6 is 35.2 Å². The smallest absolute Gasteiger partial charge is 0.216 e. The summed E-state index contributed by atoms with van der Waals surface area (Å²) in [5.74, 6) is -0.391. The van der Waals surface area contributed by atoms with Crippen LogP contribution in [0.25, 0.3) is 5.69 Å². The van der Waals surface area contributed by atoms with E-state index in [-0.39, 0.29) is 11.7 Å². The molecule has 2 aromatic carbocycles. The van der Waals surface area contributed by atoms with Crippen LogP contribution in [0, 0.1) is 9.77 Å². The number of hydrogen-bond acceptors (Lipinski definition) is 4. The van der Waals surface area contributed by atoms with Crippen molar-refractivity contribution >= 4 is 47.1 Å². The molecule has 0 spiro atoms. The van der Waals surface area contributed by atoms with Crippen molar-refractivity contribution in [2.45, 2.75) is 0 Å². The first-order chi connectivity index (χ1) is 11.1. The maximum absolute atomic E-state index is 13.0. The first-order valence-corrected chi connectivity index (χ1v) is 8.16. The molecule has 0 unspecified atom stereocenters. The summed E-state index contributed by atoms with van der Waals surface area (Å²) < 4.78 is 14.9. The van der Waals surface area contributed by atoms with Crippen molar-refractivity contribution in [3.05, 3.63) is 68.2 Å². The monoisotopic (exact) mass is 364 g/mol. The van der Waals surface area contributed by atoms with Crippen LogP contribution in [0.4, 0.5) is 10.1 Å². The van der Waals surface area contributed by atoms with E-state index >= 15 is 0 Å². The second kappa shape index (κ2) is 6.62. The fourth-order valence-corrected chi connectivity index (χ4v) is 3.37. The molecule has 3 rings (SSSR count). The quantitative estimate of drug-likeness (QED) is 0.491. The third-order valence-corrected chi connectivity index (χ3v) is 4.69. The van der Waals surface area contributed by atoms with Crippen LogP contribution < -0.4 is 0 Å². The van der Waals surface area contributed by atoms with Crippen LogP contribution in [-0.2, 0) is 0 Å². The molecule has 1 heterocycles. The number of para-hydroxylation sites is 1. The minimum absolute atomic E-state index is 0.0394. The molecule has 0 aliphatic heterocycles. The Labute approximate surface area is 145 Å². The van der Waals surface area contributed by atoms with E-state index in [1.54, 1.807) is 24.3 Å². The normalized spacial score (nSPS) is 11.2. The second-order valence-electron chi connectivity index (χ2n) is 4.58. The van der Waals surface area contributed by atoms with E-state index in [2.05, 4.69) is 4.99 Å². The fourth-order valence-electron chi connectivity index (χ4n) is 1.97. The predicted octanol–water partition coefficient (Wildman–Crippen LogP) is 5.52. The Morgan fingerprint density at radius 3 is 2.57 bits per heavy atom. The number of benzene rings is 2. The van der Waals surface area contributed by atoms with Crippen LogP contribution in [0.3, 0.4) is 0 Å². The molecule has 0 bridgehead atoms. The van der Waals surface area contributed by atoms with E-state index in [1.165, 1.54) is 34.3 Å². The summed E-state index contributed by atoms with van der Waals surface area (Å²) in [7, 11) is 0. The van der Waals surface area contributed by atoms with Gasteiger partial charge in [-0.1, -0.05) is 35.1 Å². The summed E-state index contributed by atoms with van der Waals surface area (Å²) in [6.45, 7) is 0. The van der Waals surface area contributed by atoms with Crippen molar-refractivity contribution in [2.24, 2.45) is 4.99 Å². The highest BCUT2D eigenvalue weighted by molar-refractivity contribution is 7.73. The molecular weight excluding hydrogens is 355 g/mol. The van der Waals surface area contributed by atoms with Crippen molar-refractivity contribution in [1.29, 1.82) is 0 Å². The Morgan fingerprint density at radius 1 is 1.17 bits per heavy atom. The predicted molar refractivity (Wildman–Crippen MR) is 94.8 cm³/mol. The average molecular weight is 365 g/mol. The van der Waals surface area contributed by atoms with Gasteiger partial charge in [0.1, 0.15) is 10.7 Å². The lowest BCUT2D eigenvalue weighted by Gasteiger charge is -2.04. The molecular formula is C16H10ClFN2OS2. The van der Waals surface area contributed by atoms with Gasteiger partial charge in [-0.3, -0.25) is 9.56 Å². The van der Waals surface area contributed by atoms with E-state index < -0.39 is 0 Å². The number of halogens is 2. The zero-order valence-corrected chi connectivity index (χ0v) is 14.0. The van der Waals surface area contributed by atoms with Crippen LogP contribution in [-0.4, -0.2) is 15.9 Å². The minimum Gasteiger partial charge on any atom is -0.493 e. The van der Waals surface area contributed by atoms with E-state index in [0.717, 1.165) is 0 Å². The summed E-state index contributed by atoms with van der Waals surface area (Å²) in [6, 6.07) is 12.9. The van der Waals surface area contributed by atoms with Gasteiger partial charge in [-0.2, -0.15) is 0 Å². The van der Waals surface area contributed by atoms with Crippen molar-refractivity contribution < 1.29 is 9.50 Å². The van der Waals surface area contributed by atoms with Gasteiger partial charge in [0.25, 0.3) is 0 Å². The molecule has 0 saturated carbocycles.